The van der Waals surface area contributed by atoms with Crippen molar-refractivity contribution in [1.82, 2.24) is 10.9 Å². The molecule has 0 bridgehead atoms. The Labute approximate surface area is 111 Å². The summed E-state index contributed by atoms with van der Waals surface area (Å²) in [5.74, 6) is 0. The minimum absolute atomic E-state index is 0.213. The number of benzene rings is 1. The fourth-order valence-corrected chi connectivity index (χ4v) is 1.33. The lowest BCUT2D eigenvalue weighted by Crippen LogP contribution is -2.50. The fourth-order valence-electron chi connectivity index (χ4n) is 0.991. The number of nitrogens with one attached hydrogen (secondary N) is 3. The van der Waals surface area contributed by atoms with Crippen LogP contribution in [-0.2, 0) is 0 Å². The van der Waals surface area contributed by atoms with Gasteiger partial charge in [0.15, 0.2) is 0 Å². The Morgan fingerprint density at radius 2 is 1.88 bits per heavy atom. The third-order valence-electron chi connectivity index (χ3n) is 1.73. The van der Waals surface area contributed by atoms with E-state index in [1.807, 2.05) is 20.8 Å². The molecule has 6 heteroatoms. The largest absolute Gasteiger partial charge is 0.333 e. The molecule has 4 nitrogen and oxygen atoms in total. The van der Waals surface area contributed by atoms with E-state index in [4.69, 9.17) is 23.2 Å². The van der Waals surface area contributed by atoms with Crippen molar-refractivity contribution >= 4 is 34.9 Å². The number of rotatable bonds is 2. The van der Waals surface area contributed by atoms with Crippen LogP contribution in [0.15, 0.2) is 18.2 Å². The average molecular weight is 276 g/mol. The zero-order valence-corrected chi connectivity index (χ0v) is 11.4. The number of anilines is 1. The first-order valence-electron chi connectivity index (χ1n) is 5.07. The Kier molecular flexibility index (Phi) is 4.62. The molecule has 0 aliphatic heterocycles. The molecule has 1 aromatic carbocycles. The summed E-state index contributed by atoms with van der Waals surface area (Å²) in [4.78, 5) is 11.5. The Balaban J connectivity index is 2.59. The van der Waals surface area contributed by atoms with Crippen LogP contribution in [0, 0.1) is 0 Å². The third kappa shape index (κ3) is 5.26. The number of hydrogen-bond acceptors (Lipinski definition) is 2. The van der Waals surface area contributed by atoms with Gasteiger partial charge < -0.3 is 5.32 Å². The summed E-state index contributed by atoms with van der Waals surface area (Å²) in [5.41, 5.74) is 5.61. The molecular formula is C11H15Cl2N3O. The Bertz CT molecular complexity index is 416. The molecule has 0 saturated heterocycles. The normalized spacial score (nSPS) is 11.1. The first-order valence-corrected chi connectivity index (χ1v) is 5.83. The van der Waals surface area contributed by atoms with Gasteiger partial charge in [-0.15, -0.1) is 0 Å². The number of carbonyl (C=O) groups is 1. The van der Waals surface area contributed by atoms with Crippen molar-refractivity contribution in [3.05, 3.63) is 28.2 Å². The van der Waals surface area contributed by atoms with Crippen molar-refractivity contribution in [2.45, 2.75) is 26.3 Å². The van der Waals surface area contributed by atoms with Crippen molar-refractivity contribution in [2.24, 2.45) is 0 Å². The number of halogens is 2. The SMILES string of the molecule is CC(C)(C)NNC(=O)Nc1cc(Cl)ccc1Cl. The van der Waals surface area contributed by atoms with E-state index in [2.05, 4.69) is 16.2 Å². The van der Waals surface area contributed by atoms with Gasteiger partial charge in [0.1, 0.15) is 0 Å². The van der Waals surface area contributed by atoms with E-state index in [0.717, 1.165) is 0 Å². The van der Waals surface area contributed by atoms with Crippen molar-refractivity contribution in [1.29, 1.82) is 0 Å². The van der Waals surface area contributed by atoms with Gasteiger partial charge in [-0.25, -0.2) is 10.2 Å². The summed E-state index contributed by atoms with van der Waals surface area (Å²) in [6.07, 6.45) is 0. The maximum absolute atomic E-state index is 11.5. The molecule has 0 aliphatic rings. The molecule has 17 heavy (non-hydrogen) atoms. The molecule has 0 heterocycles. The molecule has 3 N–H and O–H groups in total. The summed E-state index contributed by atoms with van der Waals surface area (Å²) in [7, 11) is 0. The van der Waals surface area contributed by atoms with Crippen LogP contribution in [0.1, 0.15) is 20.8 Å². The number of hydrazine groups is 1. The van der Waals surface area contributed by atoms with E-state index in [1.165, 1.54) is 0 Å². The standard InChI is InChI=1S/C11H15Cl2N3O/c1-11(2,3)16-15-10(17)14-9-6-7(12)4-5-8(9)13/h4-6,16H,1-3H3,(H2,14,15,17). The number of amides is 2. The van der Waals surface area contributed by atoms with Gasteiger partial charge in [-0.2, -0.15) is 0 Å². The maximum atomic E-state index is 11.5. The lowest BCUT2D eigenvalue weighted by atomic mass is 10.1. The fraction of sp³-hybridized carbons (Fsp3) is 0.364. The molecule has 94 valence electrons. The molecule has 0 saturated carbocycles. The predicted molar refractivity (Wildman–Crippen MR) is 71.5 cm³/mol. The number of urea groups is 1. The number of carbonyl (C=O) groups excluding carboxylic acids is 1. The van der Waals surface area contributed by atoms with Gasteiger partial charge in [0.05, 0.1) is 10.7 Å². The van der Waals surface area contributed by atoms with Gasteiger partial charge in [0.25, 0.3) is 0 Å². The zero-order chi connectivity index (χ0) is 13.1. The van der Waals surface area contributed by atoms with Gasteiger partial charge in [0, 0.05) is 10.6 Å². The smallest absolute Gasteiger partial charge is 0.305 e. The van der Waals surface area contributed by atoms with Crippen molar-refractivity contribution < 1.29 is 4.79 Å². The van der Waals surface area contributed by atoms with Crippen LogP contribution in [0.2, 0.25) is 10.0 Å². The van der Waals surface area contributed by atoms with Crippen LogP contribution < -0.4 is 16.2 Å². The predicted octanol–water partition coefficient (Wildman–Crippen LogP) is 3.42. The molecule has 0 aromatic heterocycles. The summed E-state index contributed by atoms with van der Waals surface area (Å²) in [6.45, 7) is 5.79. The van der Waals surface area contributed by atoms with E-state index >= 15 is 0 Å². The first-order chi connectivity index (χ1) is 7.78. The molecule has 2 amide bonds. The average Bonchev–Trinajstić information content (AvgIpc) is 2.20. The molecule has 1 rings (SSSR count). The van der Waals surface area contributed by atoms with Gasteiger partial charge in [-0.05, 0) is 39.0 Å². The minimum Gasteiger partial charge on any atom is -0.305 e. The van der Waals surface area contributed by atoms with E-state index in [1.54, 1.807) is 18.2 Å². The maximum Gasteiger partial charge on any atom is 0.333 e. The van der Waals surface area contributed by atoms with Crippen LogP contribution >= 0.6 is 23.2 Å². The molecule has 0 spiro atoms. The Morgan fingerprint density at radius 3 is 2.47 bits per heavy atom. The number of hydrogen-bond donors (Lipinski definition) is 3. The molecule has 0 atom stereocenters. The van der Waals surface area contributed by atoms with Gasteiger partial charge >= 0.3 is 6.03 Å². The van der Waals surface area contributed by atoms with Crippen LogP contribution in [-0.4, -0.2) is 11.6 Å². The highest BCUT2D eigenvalue weighted by atomic mass is 35.5. The van der Waals surface area contributed by atoms with Crippen LogP contribution in [0.25, 0.3) is 0 Å². The highest BCUT2D eigenvalue weighted by Gasteiger charge is 2.11. The van der Waals surface area contributed by atoms with Crippen molar-refractivity contribution in [2.75, 3.05) is 5.32 Å². The molecule has 0 radical (unpaired) electrons. The van der Waals surface area contributed by atoms with E-state index < -0.39 is 6.03 Å². The topological polar surface area (TPSA) is 53.2 Å². The molecule has 0 fully saturated rings. The van der Waals surface area contributed by atoms with Gasteiger partial charge in [0.2, 0.25) is 0 Å². The molecular weight excluding hydrogens is 261 g/mol. The minimum atomic E-state index is -0.399. The molecule has 0 unspecified atom stereocenters. The van der Waals surface area contributed by atoms with Gasteiger partial charge in [-0.1, -0.05) is 23.2 Å². The second-order valence-electron chi connectivity index (χ2n) is 4.58. The molecule has 1 aromatic rings. The first kappa shape index (κ1) is 14.1. The van der Waals surface area contributed by atoms with Crippen LogP contribution in [0.3, 0.4) is 0 Å². The van der Waals surface area contributed by atoms with E-state index in [-0.39, 0.29) is 5.54 Å². The highest BCUT2D eigenvalue weighted by molar-refractivity contribution is 6.35. The quantitative estimate of drug-likeness (QED) is 0.725. The van der Waals surface area contributed by atoms with Crippen LogP contribution in [0.5, 0.6) is 0 Å². The second kappa shape index (κ2) is 5.58. The van der Waals surface area contributed by atoms with Crippen molar-refractivity contribution in [3.8, 4) is 0 Å². The van der Waals surface area contributed by atoms with Gasteiger partial charge in [-0.3, -0.25) is 5.43 Å². The molecule has 0 aliphatic carbocycles. The summed E-state index contributed by atoms with van der Waals surface area (Å²) in [6, 6.07) is 4.46. The zero-order valence-electron chi connectivity index (χ0n) is 9.90. The Hall–Kier alpha value is -0.970. The summed E-state index contributed by atoms with van der Waals surface area (Å²) in [5, 5.41) is 3.53. The lowest BCUT2D eigenvalue weighted by molar-refractivity contribution is 0.241. The summed E-state index contributed by atoms with van der Waals surface area (Å²) >= 11 is 11.7. The monoisotopic (exact) mass is 275 g/mol. The lowest BCUT2D eigenvalue weighted by Gasteiger charge is -2.21. The third-order valence-corrected chi connectivity index (χ3v) is 2.29. The second-order valence-corrected chi connectivity index (χ2v) is 5.42. The Morgan fingerprint density at radius 1 is 1.24 bits per heavy atom. The highest BCUT2D eigenvalue weighted by Crippen LogP contribution is 2.25. The van der Waals surface area contributed by atoms with Crippen LogP contribution in [0.4, 0.5) is 10.5 Å². The van der Waals surface area contributed by atoms with E-state index in [9.17, 15) is 4.79 Å². The summed E-state index contributed by atoms with van der Waals surface area (Å²) < 4.78 is 0. The van der Waals surface area contributed by atoms with E-state index in [0.29, 0.717) is 15.7 Å². The van der Waals surface area contributed by atoms with Crippen molar-refractivity contribution in [3.63, 3.8) is 0 Å².